The molecule has 4 N–H and O–H groups in total. The molecular formula is C19H16Cl2N4O3. The number of pyridine rings is 1. The van der Waals surface area contributed by atoms with Crippen molar-refractivity contribution in [2.24, 2.45) is 0 Å². The van der Waals surface area contributed by atoms with Crippen molar-refractivity contribution in [3.05, 3.63) is 63.8 Å². The number of nitrogens with one attached hydrogen (secondary N) is 3. The van der Waals surface area contributed by atoms with E-state index in [4.69, 9.17) is 23.2 Å². The summed E-state index contributed by atoms with van der Waals surface area (Å²) in [6.07, 6.45) is 1.46. The van der Waals surface area contributed by atoms with E-state index in [0.717, 1.165) is 0 Å². The third-order valence-corrected chi connectivity index (χ3v) is 4.58. The van der Waals surface area contributed by atoms with Crippen LogP contribution in [-0.4, -0.2) is 21.9 Å². The lowest BCUT2D eigenvalue weighted by atomic mass is 10.1. The van der Waals surface area contributed by atoms with Crippen LogP contribution in [0.5, 0.6) is 0 Å². The van der Waals surface area contributed by atoms with Crippen molar-refractivity contribution in [2.75, 3.05) is 10.7 Å². The minimum atomic E-state index is -0.479. The van der Waals surface area contributed by atoms with Gasteiger partial charge in [-0.1, -0.05) is 41.4 Å². The average molecular weight is 419 g/mol. The Balaban J connectivity index is 2.04. The van der Waals surface area contributed by atoms with E-state index >= 15 is 0 Å². The number of carbonyl (C=O) groups is 2. The fraction of sp³-hybridized carbons (Fsp3) is 0.105. The van der Waals surface area contributed by atoms with Crippen molar-refractivity contribution in [3.63, 3.8) is 0 Å². The number of fused-ring (bicyclic) bond motifs is 1. The van der Waals surface area contributed by atoms with Crippen molar-refractivity contribution in [1.82, 2.24) is 10.4 Å². The Morgan fingerprint density at radius 1 is 1.11 bits per heavy atom. The summed E-state index contributed by atoms with van der Waals surface area (Å²) in [4.78, 5) is 28.3. The Morgan fingerprint density at radius 3 is 2.43 bits per heavy atom. The number of para-hydroxylation sites is 1. The van der Waals surface area contributed by atoms with E-state index in [1.54, 1.807) is 36.4 Å². The highest BCUT2D eigenvalue weighted by Gasteiger charge is 2.17. The van der Waals surface area contributed by atoms with Gasteiger partial charge in [0.25, 0.3) is 5.91 Å². The number of hydrazine groups is 1. The molecule has 2 amide bonds. The van der Waals surface area contributed by atoms with Crippen LogP contribution in [0.15, 0.2) is 42.6 Å². The second-order valence-corrected chi connectivity index (χ2v) is 6.69. The summed E-state index contributed by atoms with van der Waals surface area (Å²) >= 11 is 12.2. The van der Waals surface area contributed by atoms with E-state index in [2.05, 4.69) is 21.2 Å². The molecule has 9 heteroatoms. The summed E-state index contributed by atoms with van der Waals surface area (Å²) in [5.41, 5.74) is 7.27. The molecule has 0 fully saturated rings. The van der Waals surface area contributed by atoms with Gasteiger partial charge >= 0.3 is 0 Å². The highest BCUT2D eigenvalue weighted by atomic mass is 35.5. The van der Waals surface area contributed by atoms with Gasteiger partial charge in [0, 0.05) is 24.1 Å². The van der Waals surface area contributed by atoms with Crippen molar-refractivity contribution < 1.29 is 14.7 Å². The van der Waals surface area contributed by atoms with Crippen molar-refractivity contribution in [3.8, 4) is 0 Å². The lowest BCUT2D eigenvalue weighted by molar-refractivity contribution is -0.118. The average Bonchev–Trinajstić information content (AvgIpc) is 2.66. The number of amides is 2. The molecule has 3 rings (SSSR count). The van der Waals surface area contributed by atoms with E-state index in [9.17, 15) is 14.7 Å². The number of nitrogens with zero attached hydrogens (tertiary/aromatic N) is 1. The lowest BCUT2D eigenvalue weighted by Crippen LogP contribution is -2.27. The van der Waals surface area contributed by atoms with Gasteiger partial charge in [0.1, 0.15) is 0 Å². The van der Waals surface area contributed by atoms with Crippen LogP contribution in [0.1, 0.15) is 22.8 Å². The fourth-order valence-electron chi connectivity index (χ4n) is 2.68. The Bertz CT molecular complexity index is 1050. The Kier molecular flexibility index (Phi) is 5.99. The Hall–Kier alpha value is -2.87. The van der Waals surface area contributed by atoms with Crippen LogP contribution >= 0.6 is 23.2 Å². The van der Waals surface area contributed by atoms with Gasteiger partial charge in [0.2, 0.25) is 5.91 Å². The van der Waals surface area contributed by atoms with Crippen LogP contribution in [0.25, 0.3) is 10.9 Å². The third-order valence-electron chi connectivity index (χ3n) is 3.95. The molecule has 0 radical (unpaired) electrons. The van der Waals surface area contributed by atoms with Crippen molar-refractivity contribution >= 4 is 57.3 Å². The van der Waals surface area contributed by atoms with Crippen molar-refractivity contribution in [2.45, 2.75) is 13.5 Å². The Labute approximate surface area is 170 Å². The number of hydrogen-bond donors (Lipinski definition) is 4. The van der Waals surface area contributed by atoms with Gasteiger partial charge in [0.05, 0.1) is 39.1 Å². The van der Waals surface area contributed by atoms with Crippen LogP contribution < -0.4 is 16.2 Å². The molecule has 0 aliphatic heterocycles. The van der Waals surface area contributed by atoms with Crippen LogP contribution in [0, 0.1) is 0 Å². The molecule has 1 heterocycles. The molecule has 0 saturated carbocycles. The first-order chi connectivity index (χ1) is 13.4. The van der Waals surface area contributed by atoms with E-state index in [1.807, 2.05) is 0 Å². The number of anilines is 2. The van der Waals surface area contributed by atoms with Crippen LogP contribution in [-0.2, 0) is 11.4 Å². The molecule has 7 nitrogen and oxygen atoms in total. The maximum Gasteiger partial charge on any atom is 0.258 e. The van der Waals surface area contributed by atoms with Gasteiger partial charge in [-0.05, 0) is 18.2 Å². The SMILES string of the molecule is CC(=O)NNc1c(CO)cnc2c(NC(=O)c3c(Cl)cccc3Cl)cccc12. The number of aliphatic hydroxyl groups excluding tert-OH is 1. The molecule has 28 heavy (non-hydrogen) atoms. The van der Waals surface area contributed by atoms with Crippen LogP contribution in [0.3, 0.4) is 0 Å². The summed E-state index contributed by atoms with van der Waals surface area (Å²) in [5, 5.41) is 13.4. The second-order valence-electron chi connectivity index (χ2n) is 5.88. The summed E-state index contributed by atoms with van der Waals surface area (Å²) < 4.78 is 0. The molecule has 3 aromatic rings. The van der Waals surface area contributed by atoms with Gasteiger partial charge in [0.15, 0.2) is 0 Å². The molecule has 0 bridgehead atoms. The van der Waals surface area contributed by atoms with E-state index in [-0.39, 0.29) is 28.1 Å². The number of benzene rings is 2. The maximum absolute atomic E-state index is 12.7. The minimum absolute atomic E-state index is 0.159. The summed E-state index contributed by atoms with van der Waals surface area (Å²) in [6, 6.07) is 9.95. The molecule has 0 unspecified atom stereocenters. The highest BCUT2D eigenvalue weighted by Crippen LogP contribution is 2.31. The van der Waals surface area contributed by atoms with Gasteiger partial charge in [-0.25, -0.2) is 0 Å². The largest absolute Gasteiger partial charge is 0.392 e. The number of aromatic nitrogens is 1. The number of aliphatic hydroxyl groups is 1. The molecule has 0 atom stereocenters. The molecule has 0 saturated heterocycles. The van der Waals surface area contributed by atoms with Gasteiger partial charge in [-0.15, -0.1) is 0 Å². The number of rotatable bonds is 5. The number of hydrogen-bond acceptors (Lipinski definition) is 5. The smallest absolute Gasteiger partial charge is 0.258 e. The zero-order valence-electron chi connectivity index (χ0n) is 14.7. The maximum atomic E-state index is 12.7. The first kappa shape index (κ1) is 19.9. The predicted octanol–water partition coefficient (Wildman–Crippen LogP) is 3.75. The zero-order valence-corrected chi connectivity index (χ0v) is 16.2. The topological polar surface area (TPSA) is 103 Å². The van der Waals surface area contributed by atoms with Gasteiger partial charge < -0.3 is 10.4 Å². The highest BCUT2D eigenvalue weighted by molar-refractivity contribution is 6.40. The normalized spacial score (nSPS) is 10.6. The molecule has 0 spiro atoms. The van der Waals surface area contributed by atoms with Crippen LogP contribution in [0.2, 0.25) is 10.0 Å². The first-order valence-electron chi connectivity index (χ1n) is 8.21. The van der Waals surface area contributed by atoms with E-state index in [0.29, 0.717) is 27.8 Å². The summed E-state index contributed by atoms with van der Waals surface area (Å²) in [6.45, 7) is 1.07. The van der Waals surface area contributed by atoms with Crippen LogP contribution in [0.4, 0.5) is 11.4 Å². The molecule has 0 aliphatic rings. The molecule has 144 valence electrons. The monoisotopic (exact) mass is 418 g/mol. The van der Waals surface area contributed by atoms with E-state index in [1.165, 1.54) is 13.1 Å². The van der Waals surface area contributed by atoms with Gasteiger partial charge in [-0.3, -0.25) is 25.4 Å². The van der Waals surface area contributed by atoms with E-state index < -0.39 is 5.91 Å². The second kappa shape index (κ2) is 8.43. The quantitative estimate of drug-likeness (QED) is 0.472. The van der Waals surface area contributed by atoms with Gasteiger partial charge in [-0.2, -0.15) is 0 Å². The summed E-state index contributed by atoms with van der Waals surface area (Å²) in [5.74, 6) is -0.779. The molecule has 2 aromatic carbocycles. The van der Waals surface area contributed by atoms with Crippen molar-refractivity contribution in [1.29, 1.82) is 0 Å². The number of carbonyl (C=O) groups excluding carboxylic acids is 2. The lowest BCUT2D eigenvalue weighted by Gasteiger charge is -2.16. The standard InChI is InChI=1S/C19H16Cl2N4O3/c1-10(27)24-25-17-11(9-26)8-22-18-12(17)4-2-7-15(18)23-19(28)16-13(20)5-3-6-14(16)21/h2-8,26H,9H2,1H3,(H,22,25)(H,23,28)(H,24,27). The zero-order chi connectivity index (χ0) is 20.3. The number of halogens is 2. The predicted molar refractivity (Wildman–Crippen MR) is 110 cm³/mol. The molecule has 1 aromatic heterocycles. The Morgan fingerprint density at radius 2 is 1.79 bits per heavy atom. The molecule has 0 aliphatic carbocycles. The fourth-order valence-corrected chi connectivity index (χ4v) is 3.25. The third kappa shape index (κ3) is 4.01. The first-order valence-corrected chi connectivity index (χ1v) is 8.97. The molecular weight excluding hydrogens is 403 g/mol. The minimum Gasteiger partial charge on any atom is -0.392 e. The summed E-state index contributed by atoms with van der Waals surface area (Å²) in [7, 11) is 0.